The Morgan fingerprint density at radius 1 is 0.800 bits per heavy atom. The van der Waals surface area contributed by atoms with Gasteiger partial charge in [-0.05, 0) is 85.7 Å². The van der Waals surface area contributed by atoms with Crippen molar-refractivity contribution in [1.29, 1.82) is 0 Å². The van der Waals surface area contributed by atoms with Crippen molar-refractivity contribution in [2.45, 2.75) is 63.9 Å². The molecule has 0 spiro atoms. The van der Waals surface area contributed by atoms with Crippen molar-refractivity contribution >= 4 is 18.0 Å². The summed E-state index contributed by atoms with van der Waals surface area (Å²) in [5.41, 5.74) is 2.85. The molecule has 50 heavy (non-hydrogen) atoms. The minimum absolute atomic E-state index is 0.0561. The Bertz CT molecular complexity index is 1770. The van der Waals surface area contributed by atoms with Crippen LogP contribution in [0.25, 0.3) is 22.3 Å². The van der Waals surface area contributed by atoms with Gasteiger partial charge in [-0.25, -0.2) is 9.59 Å². The highest BCUT2D eigenvalue weighted by Gasteiger charge is 2.39. The van der Waals surface area contributed by atoms with Crippen molar-refractivity contribution in [3.05, 3.63) is 120 Å². The number of carbonyl (C=O) groups is 3. The van der Waals surface area contributed by atoms with Crippen LogP contribution in [0.15, 0.2) is 103 Å². The van der Waals surface area contributed by atoms with Gasteiger partial charge in [0.2, 0.25) is 0 Å². The normalized spacial score (nSPS) is 15.3. The molecule has 1 fully saturated rings. The molecular weight excluding hydrogens is 645 g/mol. The molecule has 5 rings (SSSR count). The smallest absolute Gasteiger partial charge is 0.416 e. The number of rotatable bonds is 9. The molecule has 0 aromatic heterocycles. The van der Waals surface area contributed by atoms with Gasteiger partial charge in [0.1, 0.15) is 11.6 Å². The summed E-state index contributed by atoms with van der Waals surface area (Å²) < 4.78 is 50.2. The van der Waals surface area contributed by atoms with E-state index in [1.165, 1.54) is 24.1 Å². The van der Waals surface area contributed by atoms with Gasteiger partial charge < -0.3 is 19.3 Å². The summed E-state index contributed by atoms with van der Waals surface area (Å²) in [6, 6.07) is 27.5. The van der Waals surface area contributed by atoms with Crippen LogP contribution >= 0.6 is 0 Å². The largest absolute Gasteiger partial charge is 0.467 e. The molecule has 1 aliphatic heterocycles. The van der Waals surface area contributed by atoms with Crippen LogP contribution in [-0.2, 0) is 26.9 Å². The summed E-state index contributed by atoms with van der Waals surface area (Å²) in [6.45, 7) is 5.87. The highest BCUT2D eigenvalue weighted by Crippen LogP contribution is 2.32. The van der Waals surface area contributed by atoms with Crippen LogP contribution in [0.1, 0.15) is 55.1 Å². The molecule has 10 heteroatoms. The second-order valence-corrected chi connectivity index (χ2v) is 13.4. The molecule has 2 atom stereocenters. The topological polar surface area (TPSA) is 76.2 Å². The fourth-order valence-electron chi connectivity index (χ4n) is 6.13. The predicted octanol–water partition coefficient (Wildman–Crippen LogP) is 8.67. The number of hydrogen-bond acceptors (Lipinski definition) is 5. The Labute approximate surface area is 290 Å². The van der Waals surface area contributed by atoms with E-state index in [9.17, 15) is 27.6 Å². The fourth-order valence-corrected chi connectivity index (χ4v) is 6.13. The first-order chi connectivity index (χ1) is 23.7. The van der Waals surface area contributed by atoms with Crippen molar-refractivity contribution in [2.75, 3.05) is 20.2 Å². The monoisotopic (exact) mass is 686 g/mol. The number of ether oxygens (including phenoxy) is 2. The molecule has 0 N–H and O–H groups in total. The molecule has 1 unspecified atom stereocenters. The molecule has 0 radical (unpaired) electrons. The van der Waals surface area contributed by atoms with E-state index in [2.05, 4.69) is 0 Å². The maximum absolute atomic E-state index is 14.4. The van der Waals surface area contributed by atoms with Gasteiger partial charge in [-0.2, -0.15) is 13.2 Å². The first-order valence-corrected chi connectivity index (χ1v) is 16.5. The van der Waals surface area contributed by atoms with E-state index >= 15 is 0 Å². The lowest BCUT2D eigenvalue weighted by molar-refractivity contribution is -0.146. The van der Waals surface area contributed by atoms with Crippen LogP contribution < -0.4 is 0 Å². The summed E-state index contributed by atoms with van der Waals surface area (Å²) in [5, 5.41) is 0. The van der Waals surface area contributed by atoms with Gasteiger partial charge in [0, 0.05) is 25.1 Å². The molecule has 0 aliphatic carbocycles. The molecule has 4 aromatic rings. The third-order valence-corrected chi connectivity index (χ3v) is 8.69. The number of benzene rings is 4. The van der Waals surface area contributed by atoms with Gasteiger partial charge in [0.05, 0.1) is 18.7 Å². The summed E-state index contributed by atoms with van der Waals surface area (Å²) >= 11 is 0. The zero-order valence-corrected chi connectivity index (χ0v) is 28.6. The number of alkyl halides is 3. The van der Waals surface area contributed by atoms with E-state index in [0.717, 1.165) is 28.8 Å². The first kappa shape index (κ1) is 36.2. The number of methoxy groups -OCH3 is 1. The van der Waals surface area contributed by atoms with E-state index in [4.69, 9.17) is 9.47 Å². The highest BCUT2D eigenvalue weighted by molar-refractivity contribution is 5.97. The lowest BCUT2D eigenvalue weighted by Crippen LogP contribution is -2.53. The van der Waals surface area contributed by atoms with E-state index in [1.807, 2.05) is 54.6 Å². The molecule has 0 saturated carbocycles. The zero-order valence-electron chi connectivity index (χ0n) is 28.6. The molecule has 7 nitrogen and oxygen atoms in total. The van der Waals surface area contributed by atoms with E-state index in [-0.39, 0.29) is 18.5 Å². The third-order valence-electron chi connectivity index (χ3n) is 8.69. The van der Waals surface area contributed by atoms with Crippen LogP contribution in [0.3, 0.4) is 0 Å². The van der Waals surface area contributed by atoms with Crippen LogP contribution in [-0.4, -0.2) is 65.7 Å². The molecule has 1 saturated heterocycles. The molecule has 2 amide bonds. The second-order valence-electron chi connectivity index (χ2n) is 13.4. The Balaban J connectivity index is 1.46. The summed E-state index contributed by atoms with van der Waals surface area (Å²) in [7, 11) is 1.28. The van der Waals surface area contributed by atoms with E-state index in [1.54, 1.807) is 49.9 Å². The second kappa shape index (κ2) is 15.2. The Morgan fingerprint density at radius 2 is 1.34 bits per heavy atom. The van der Waals surface area contributed by atoms with Gasteiger partial charge >= 0.3 is 18.2 Å². The number of hydrogen-bond donors (Lipinski definition) is 0. The van der Waals surface area contributed by atoms with Gasteiger partial charge in [0.25, 0.3) is 5.91 Å². The standard InChI is InChI=1S/C40H41F3N2O5/c1-39(2,3)50-38(48)44-24-8-11-34(44)26-45(35(37(47)49-4)25-27-12-14-29(15-13-27)28-9-6-5-7-10-28)36(46)32-18-16-30(17-19-32)31-20-22-33(23-21-31)40(41,42)43/h5-7,9-10,12-23,34-35H,8,11,24-26H2,1-4H3/t34-,35?/m1/s1. The lowest BCUT2D eigenvalue weighted by atomic mass is 9.98. The molecular formula is C40H41F3N2O5. The Kier molecular flexibility index (Phi) is 11.0. The van der Waals surface area contributed by atoms with Crippen molar-refractivity contribution < 1.29 is 37.0 Å². The molecule has 1 heterocycles. The average Bonchev–Trinajstić information content (AvgIpc) is 3.57. The number of halogens is 3. The van der Waals surface area contributed by atoms with E-state index in [0.29, 0.717) is 30.5 Å². The van der Waals surface area contributed by atoms with E-state index < -0.39 is 47.4 Å². The molecule has 4 aromatic carbocycles. The maximum Gasteiger partial charge on any atom is 0.416 e. The molecule has 262 valence electrons. The van der Waals surface area contributed by atoms with Crippen LogP contribution in [0.4, 0.5) is 18.0 Å². The number of nitrogens with zero attached hydrogens (tertiary/aromatic N) is 2. The van der Waals surface area contributed by atoms with Crippen molar-refractivity contribution in [3.8, 4) is 22.3 Å². The van der Waals surface area contributed by atoms with Gasteiger partial charge in [-0.15, -0.1) is 0 Å². The van der Waals surface area contributed by atoms with Crippen LogP contribution in [0.5, 0.6) is 0 Å². The Morgan fingerprint density at radius 3 is 1.88 bits per heavy atom. The summed E-state index contributed by atoms with van der Waals surface area (Å²) in [6.07, 6.45) is -3.46. The average molecular weight is 687 g/mol. The van der Waals surface area contributed by atoms with Gasteiger partial charge in [-0.1, -0.05) is 78.9 Å². The van der Waals surface area contributed by atoms with Gasteiger partial charge in [0.15, 0.2) is 0 Å². The quantitative estimate of drug-likeness (QED) is 0.165. The number of amides is 2. The summed E-state index contributed by atoms with van der Waals surface area (Å²) in [4.78, 5) is 44.2. The predicted molar refractivity (Wildman–Crippen MR) is 185 cm³/mol. The first-order valence-electron chi connectivity index (χ1n) is 16.5. The number of esters is 1. The van der Waals surface area contributed by atoms with Crippen LogP contribution in [0, 0.1) is 0 Å². The van der Waals surface area contributed by atoms with Crippen molar-refractivity contribution in [1.82, 2.24) is 9.80 Å². The fraction of sp³-hybridized carbons (Fsp3) is 0.325. The minimum Gasteiger partial charge on any atom is -0.467 e. The minimum atomic E-state index is -4.45. The van der Waals surface area contributed by atoms with Crippen LogP contribution in [0.2, 0.25) is 0 Å². The maximum atomic E-state index is 14.4. The molecule has 0 bridgehead atoms. The SMILES string of the molecule is COC(=O)C(Cc1ccc(-c2ccccc2)cc1)N(C[C@H]1CCCN1C(=O)OC(C)(C)C)C(=O)c1ccc(-c2ccc(C(F)(F)F)cc2)cc1. The van der Waals surface area contributed by atoms with Crippen molar-refractivity contribution in [2.24, 2.45) is 0 Å². The van der Waals surface area contributed by atoms with Gasteiger partial charge in [-0.3, -0.25) is 4.79 Å². The van der Waals surface area contributed by atoms with Crippen molar-refractivity contribution in [3.63, 3.8) is 0 Å². The number of likely N-dealkylation sites (tertiary alicyclic amines) is 1. The number of carbonyl (C=O) groups excluding carboxylic acids is 3. The molecule has 1 aliphatic rings. The zero-order chi connectivity index (χ0) is 36.1. The lowest BCUT2D eigenvalue weighted by Gasteiger charge is -2.35. The highest BCUT2D eigenvalue weighted by atomic mass is 19.4. The Hall–Kier alpha value is -5.12. The summed E-state index contributed by atoms with van der Waals surface area (Å²) in [5.74, 6) is -1.05. The third kappa shape index (κ3) is 8.91.